The summed E-state index contributed by atoms with van der Waals surface area (Å²) in [6.07, 6.45) is 0.798. The maximum atomic E-state index is 12.1. The van der Waals surface area contributed by atoms with E-state index in [1.807, 2.05) is 30.3 Å². The third kappa shape index (κ3) is 2.72. The topological polar surface area (TPSA) is 77.2 Å². The largest absolute Gasteiger partial charge is 0.375 e. The molecule has 104 valence electrons. The number of thiazole rings is 1. The van der Waals surface area contributed by atoms with Crippen molar-refractivity contribution in [2.45, 2.75) is 19.1 Å². The van der Waals surface area contributed by atoms with Crippen molar-refractivity contribution >= 4 is 22.4 Å². The van der Waals surface area contributed by atoms with Gasteiger partial charge < -0.3 is 15.8 Å². The van der Waals surface area contributed by atoms with Crippen molar-refractivity contribution in [1.82, 2.24) is 4.98 Å². The summed E-state index contributed by atoms with van der Waals surface area (Å²) in [5.74, 6) is -0.247. The molecule has 0 spiro atoms. The Labute approximate surface area is 120 Å². The van der Waals surface area contributed by atoms with E-state index in [1.165, 1.54) is 11.3 Å². The Kier molecular flexibility index (Phi) is 3.77. The van der Waals surface area contributed by atoms with Gasteiger partial charge in [0.15, 0.2) is 5.13 Å². The zero-order chi connectivity index (χ0) is 13.9. The molecule has 1 amide bonds. The van der Waals surface area contributed by atoms with E-state index >= 15 is 0 Å². The fourth-order valence-electron chi connectivity index (χ4n) is 2.07. The number of carbonyl (C=O) groups is 1. The molecule has 1 aliphatic heterocycles. The summed E-state index contributed by atoms with van der Waals surface area (Å²) in [4.78, 5) is 17.6. The molecule has 3 rings (SSSR count). The molecule has 1 aromatic carbocycles. The highest BCUT2D eigenvalue weighted by Gasteiger charge is 2.20. The van der Waals surface area contributed by atoms with Gasteiger partial charge in [0.25, 0.3) is 0 Å². The van der Waals surface area contributed by atoms with Gasteiger partial charge in [-0.2, -0.15) is 0 Å². The fraction of sp³-hybridized carbons (Fsp3) is 0.286. The van der Waals surface area contributed by atoms with Crippen molar-refractivity contribution in [1.29, 1.82) is 0 Å². The van der Waals surface area contributed by atoms with Gasteiger partial charge in [0.1, 0.15) is 6.04 Å². The molecule has 0 radical (unpaired) electrons. The van der Waals surface area contributed by atoms with Gasteiger partial charge >= 0.3 is 0 Å². The van der Waals surface area contributed by atoms with Crippen LogP contribution in [-0.2, 0) is 22.6 Å². The van der Waals surface area contributed by atoms with Crippen LogP contribution in [0.15, 0.2) is 30.3 Å². The average Bonchev–Trinajstić information content (AvgIpc) is 2.89. The molecule has 0 unspecified atom stereocenters. The van der Waals surface area contributed by atoms with Gasteiger partial charge in [-0.15, -0.1) is 0 Å². The van der Waals surface area contributed by atoms with Crippen molar-refractivity contribution in [3.05, 3.63) is 46.5 Å². The molecule has 2 aromatic rings. The molecular formula is C14H15N3O2S. The van der Waals surface area contributed by atoms with Gasteiger partial charge in [-0.1, -0.05) is 41.7 Å². The van der Waals surface area contributed by atoms with Crippen LogP contribution in [0.25, 0.3) is 0 Å². The number of ether oxygens (including phenoxy) is 1. The maximum Gasteiger partial charge on any atom is 0.247 e. The molecule has 0 fully saturated rings. The van der Waals surface area contributed by atoms with E-state index < -0.39 is 6.04 Å². The number of aromatic nitrogens is 1. The summed E-state index contributed by atoms with van der Waals surface area (Å²) < 4.78 is 5.36. The number of rotatable bonds is 3. The highest BCUT2D eigenvalue weighted by Crippen LogP contribution is 2.27. The first-order valence-electron chi connectivity index (χ1n) is 6.42. The number of nitrogens with zero attached hydrogens (tertiary/aromatic N) is 1. The fourth-order valence-corrected chi connectivity index (χ4v) is 3.02. The van der Waals surface area contributed by atoms with Gasteiger partial charge in [0, 0.05) is 6.42 Å². The number of anilines is 1. The lowest BCUT2D eigenvalue weighted by Crippen LogP contribution is -2.27. The van der Waals surface area contributed by atoms with Crippen molar-refractivity contribution < 1.29 is 9.53 Å². The Morgan fingerprint density at radius 1 is 1.40 bits per heavy atom. The number of nitrogens with one attached hydrogen (secondary N) is 1. The van der Waals surface area contributed by atoms with Gasteiger partial charge in [0.2, 0.25) is 5.91 Å². The summed E-state index contributed by atoms with van der Waals surface area (Å²) in [5, 5.41) is 3.38. The van der Waals surface area contributed by atoms with Crippen LogP contribution in [0.1, 0.15) is 22.2 Å². The molecule has 1 aromatic heterocycles. The molecule has 3 N–H and O–H groups in total. The summed E-state index contributed by atoms with van der Waals surface area (Å²) in [6, 6.07) is 8.61. The minimum absolute atomic E-state index is 0.247. The first kappa shape index (κ1) is 13.2. The Hall–Kier alpha value is -1.76. The van der Waals surface area contributed by atoms with E-state index in [2.05, 4.69) is 10.3 Å². The van der Waals surface area contributed by atoms with Crippen LogP contribution in [0.5, 0.6) is 0 Å². The van der Waals surface area contributed by atoms with Gasteiger partial charge in [-0.25, -0.2) is 4.98 Å². The van der Waals surface area contributed by atoms with E-state index in [1.54, 1.807) is 0 Å². The minimum Gasteiger partial charge on any atom is -0.375 e. The second-order valence-corrected chi connectivity index (χ2v) is 5.65. The summed E-state index contributed by atoms with van der Waals surface area (Å²) in [6.45, 7) is 1.27. The van der Waals surface area contributed by atoms with Crippen LogP contribution in [-0.4, -0.2) is 17.5 Å². The monoisotopic (exact) mass is 289 g/mol. The van der Waals surface area contributed by atoms with Crippen LogP contribution in [0.2, 0.25) is 0 Å². The van der Waals surface area contributed by atoms with Gasteiger partial charge in [-0.05, 0) is 5.56 Å². The van der Waals surface area contributed by atoms with Crippen LogP contribution in [0.4, 0.5) is 5.13 Å². The second kappa shape index (κ2) is 5.70. The van der Waals surface area contributed by atoms with E-state index in [9.17, 15) is 4.79 Å². The van der Waals surface area contributed by atoms with Crippen LogP contribution in [0, 0.1) is 0 Å². The SMILES string of the molecule is N[C@@H](C(=O)Nc1nc2c(s1)COCC2)c1ccccc1. The number of fused-ring (bicyclic) bond motifs is 1. The number of nitrogens with two attached hydrogens (primary N) is 1. The lowest BCUT2D eigenvalue weighted by Gasteiger charge is -2.10. The smallest absolute Gasteiger partial charge is 0.247 e. The maximum absolute atomic E-state index is 12.1. The van der Waals surface area contributed by atoms with E-state index in [0.717, 1.165) is 22.6 Å². The molecule has 1 atom stereocenters. The second-order valence-electron chi connectivity index (χ2n) is 4.57. The van der Waals surface area contributed by atoms with Crippen molar-refractivity contribution in [2.75, 3.05) is 11.9 Å². The van der Waals surface area contributed by atoms with Crippen LogP contribution < -0.4 is 11.1 Å². The van der Waals surface area contributed by atoms with E-state index in [0.29, 0.717) is 18.3 Å². The van der Waals surface area contributed by atoms with Gasteiger partial charge in [-0.3, -0.25) is 4.79 Å². The van der Waals surface area contributed by atoms with Crippen molar-refractivity contribution in [2.24, 2.45) is 5.73 Å². The Morgan fingerprint density at radius 2 is 2.20 bits per heavy atom. The average molecular weight is 289 g/mol. The number of amides is 1. The first-order valence-corrected chi connectivity index (χ1v) is 7.23. The molecule has 0 bridgehead atoms. The van der Waals surface area contributed by atoms with Crippen molar-refractivity contribution in [3.63, 3.8) is 0 Å². The highest BCUT2D eigenvalue weighted by molar-refractivity contribution is 7.15. The number of hydrogen-bond donors (Lipinski definition) is 2. The highest BCUT2D eigenvalue weighted by atomic mass is 32.1. The number of hydrogen-bond acceptors (Lipinski definition) is 5. The molecule has 5 nitrogen and oxygen atoms in total. The first-order chi connectivity index (χ1) is 9.74. The molecule has 0 saturated heterocycles. The molecule has 0 aliphatic carbocycles. The van der Waals surface area contributed by atoms with Crippen LogP contribution in [0.3, 0.4) is 0 Å². The van der Waals surface area contributed by atoms with Crippen LogP contribution >= 0.6 is 11.3 Å². The Morgan fingerprint density at radius 3 is 2.95 bits per heavy atom. The normalized spacial score (nSPS) is 15.4. The Bertz CT molecular complexity index is 589. The predicted molar refractivity (Wildman–Crippen MR) is 77.5 cm³/mol. The summed E-state index contributed by atoms with van der Waals surface area (Å²) >= 11 is 1.45. The zero-order valence-electron chi connectivity index (χ0n) is 10.8. The van der Waals surface area contributed by atoms with Gasteiger partial charge in [0.05, 0.1) is 23.8 Å². The molecule has 6 heteroatoms. The molecule has 1 aliphatic rings. The summed E-state index contributed by atoms with van der Waals surface area (Å²) in [7, 11) is 0. The summed E-state index contributed by atoms with van der Waals surface area (Å²) in [5.41, 5.74) is 7.75. The number of carbonyl (C=O) groups excluding carboxylic acids is 1. The molecular weight excluding hydrogens is 274 g/mol. The quantitative estimate of drug-likeness (QED) is 0.904. The lowest BCUT2D eigenvalue weighted by atomic mass is 10.1. The lowest BCUT2D eigenvalue weighted by molar-refractivity contribution is -0.117. The van der Waals surface area contributed by atoms with E-state index in [4.69, 9.17) is 10.5 Å². The Balaban J connectivity index is 1.71. The number of benzene rings is 1. The van der Waals surface area contributed by atoms with Crippen molar-refractivity contribution in [3.8, 4) is 0 Å². The minimum atomic E-state index is -0.687. The van der Waals surface area contributed by atoms with E-state index in [-0.39, 0.29) is 5.91 Å². The molecule has 0 saturated carbocycles. The third-order valence-corrected chi connectivity index (χ3v) is 4.15. The molecule has 20 heavy (non-hydrogen) atoms. The third-order valence-electron chi connectivity index (χ3n) is 3.17. The molecule has 2 heterocycles. The zero-order valence-corrected chi connectivity index (χ0v) is 11.7. The standard InChI is InChI=1S/C14H15N3O2S/c15-12(9-4-2-1-3-5-9)13(18)17-14-16-10-6-7-19-8-11(10)20-14/h1-5,12H,6-8,15H2,(H,16,17,18)/t12-/m1/s1. The predicted octanol–water partition coefficient (Wildman–Crippen LogP) is 1.85.